The first-order valence-corrected chi connectivity index (χ1v) is 18.8. The lowest BCUT2D eigenvalue weighted by Gasteiger charge is -2.38. The molecule has 2 aromatic rings. The second kappa shape index (κ2) is 20.2. The van der Waals surface area contributed by atoms with Crippen molar-refractivity contribution in [3.63, 3.8) is 0 Å². The topological polar surface area (TPSA) is 209 Å². The average Bonchev–Trinajstić information content (AvgIpc) is 3.10. The minimum Gasteiger partial charge on any atom is -0.480 e. The molecule has 1 fully saturated rings. The zero-order chi connectivity index (χ0) is 39.2. The normalized spacial score (nSPS) is 16.6. The molecule has 53 heavy (non-hydrogen) atoms. The first kappa shape index (κ1) is 43.1. The number of carboxylic acid groups (broad SMARTS) is 1. The number of hydrogen-bond donors (Lipinski definition) is 7. The summed E-state index contributed by atoms with van der Waals surface area (Å²) in [6.45, 7) is 11.1. The van der Waals surface area contributed by atoms with Crippen LogP contribution >= 0.6 is 0 Å². The van der Waals surface area contributed by atoms with E-state index in [2.05, 4.69) is 42.0 Å². The van der Waals surface area contributed by atoms with Crippen molar-refractivity contribution in [2.24, 2.45) is 17.4 Å². The molecule has 0 saturated carbocycles. The molecule has 4 amide bonds. The molecule has 9 N–H and O–H groups in total. The van der Waals surface area contributed by atoms with E-state index >= 15 is 0 Å². The van der Waals surface area contributed by atoms with Crippen molar-refractivity contribution in [2.75, 3.05) is 19.6 Å². The van der Waals surface area contributed by atoms with Gasteiger partial charge >= 0.3 is 5.97 Å². The SMILES string of the molecule is CC(C)C[C@@H](NC(=O)[C@@H](Cc1ccccc1)NC(=O)[C@H](N)Cc1ccccc1)C(=O)N[C@H](CCCCNC(C)(C)C)C(=O)N1CCC(N)(C(=O)O)CC1. The molecule has 0 unspecified atom stereocenters. The predicted molar refractivity (Wildman–Crippen MR) is 205 cm³/mol. The number of nitrogens with two attached hydrogens (primary N) is 2. The number of piperidine rings is 1. The van der Waals surface area contributed by atoms with Crippen LogP contribution in [0.4, 0.5) is 0 Å². The largest absolute Gasteiger partial charge is 0.480 e. The minimum absolute atomic E-state index is 0.000855. The van der Waals surface area contributed by atoms with E-state index in [-0.39, 0.29) is 62.6 Å². The zero-order valence-corrected chi connectivity index (χ0v) is 32.0. The Hall–Kier alpha value is -4.33. The van der Waals surface area contributed by atoms with Gasteiger partial charge in [-0.15, -0.1) is 0 Å². The van der Waals surface area contributed by atoms with Gasteiger partial charge in [0.2, 0.25) is 23.6 Å². The molecule has 0 spiro atoms. The molecule has 0 bridgehead atoms. The standard InChI is InChI=1S/C40H61N7O6/c1-27(2)24-32(46-36(50)33(26-29-16-10-7-11-17-29)45-34(48)30(41)25-28-14-8-6-9-15-28)35(49)44-31(18-12-13-21-43-39(3,4)5)37(51)47-22-19-40(42,20-23-47)38(52)53/h6-11,14-17,27,30-33,43H,12-13,18-26,41-42H2,1-5H3,(H,44,49)(H,45,48)(H,46,50)(H,52,53)/t30-,31-,32-,33-/m1/s1. The molecule has 1 heterocycles. The lowest BCUT2D eigenvalue weighted by atomic mass is 9.88. The number of carbonyl (C=O) groups is 5. The lowest BCUT2D eigenvalue weighted by molar-refractivity contribution is -0.148. The minimum atomic E-state index is -1.40. The molecule has 0 aromatic heterocycles. The van der Waals surface area contributed by atoms with Gasteiger partial charge in [0.15, 0.2) is 0 Å². The van der Waals surface area contributed by atoms with Gasteiger partial charge in [-0.05, 0) is 89.3 Å². The van der Waals surface area contributed by atoms with Crippen LogP contribution in [0, 0.1) is 5.92 Å². The number of benzene rings is 2. The maximum absolute atomic E-state index is 14.0. The maximum Gasteiger partial charge on any atom is 0.323 e. The average molecular weight is 736 g/mol. The number of hydrogen-bond acceptors (Lipinski definition) is 8. The van der Waals surface area contributed by atoms with Crippen molar-refractivity contribution in [1.29, 1.82) is 0 Å². The molecule has 1 saturated heterocycles. The van der Waals surface area contributed by atoms with Crippen molar-refractivity contribution in [1.82, 2.24) is 26.2 Å². The summed E-state index contributed by atoms with van der Waals surface area (Å²) < 4.78 is 0. The molecule has 0 radical (unpaired) electrons. The Morgan fingerprint density at radius 2 is 1.28 bits per heavy atom. The fraction of sp³-hybridized carbons (Fsp3) is 0.575. The Bertz CT molecular complexity index is 1490. The van der Waals surface area contributed by atoms with Crippen molar-refractivity contribution < 1.29 is 29.1 Å². The van der Waals surface area contributed by atoms with Gasteiger partial charge in [-0.25, -0.2) is 0 Å². The van der Waals surface area contributed by atoms with Crippen molar-refractivity contribution in [3.8, 4) is 0 Å². The Morgan fingerprint density at radius 1 is 0.774 bits per heavy atom. The van der Waals surface area contributed by atoms with E-state index in [1.807, 2.05) is 74.5 Å². The fourth-order valence-corrected chi connectivity index (χ4v) is 6.30. The third kappa shape index (κ3) is 14.5. The van der Waals surface area contributed by atoms with Crippen LogP contribution in [-0.4, -0.2) is 94.5 Å². The molecule has 0 aliphatic carbocycles. The zero-order valence-electron chi connectivity index (χ0n) is 32.0. The first-order chi connectivity index (χ1) is 25.0. The van der Waals surface area contributed by atoms with Crippen LogP contribution in [0.25, 0.3) is 0 Å². The summed E-state index contributed by atoms with van der Waals surface area (Å²) in [4.78, 5) is 68.5. The molecular weight excluding hydrogens is 674 g/mol. The van der Waals surface area contributed by atoms with Gasteiger partial charge < -0.3 is 42.7 Å². The molecule has 1 aliphatic rings. The predicted octanol–water partition coefficient (Wildman–Crippen LogP) is 2.26. The highest BCUT2D eigenvalue weighted by Crippen LogP contribution is 2.21. The monoisotopic (exact) mass is 735 g/mol. The Balaban J connectivity index is 1.78. The van der Waals surface area contributed by atoms with E-state index in [1.54, 1.807) is 4.90 Å². The summed E-state index contributed by atoms with van der Waals surface area (Å²) in [6, 6.07) is 14.8. The second-order valence-corrected chi connectivity index (χ2v) is 15.8. The number of rotatable bonds is 19. The molecule has 13 heteroatoms. The number of amides is 4. The number of likely N-dealkylation sites (tertiary alicyclic amines) is 1. The highest BCUT2D eigenvalue weighted by molar-refractivity contribution is 5.95. The Labute approximate surface area is 314 Å². The van der Waals surface area contributed by atoms with Gasteiger partial charge in [0.25, 0.3) is 0 Å². The maximum atomic E-state index is 14.0. The van der Waals surface area contributed by atoms with Gasteiger partial charge in [0.1, 0.15) is 23.7 Å². The van der Waals surface area contributed by atoms with Gasteiger partial charge in [-0.3, -0.25) is 24.0 Å². The van der Waals surface area contributed by atoms with Gasteiger partial charge in [-0.1, -0.05) is 74.5 Å². The lowest BCUT2D eigenvalue weighted by Crippen LogP contribution is -2.60. The van der Waals surface area contributed by atoms with E-state index in [0.29, 0.717) is 12.8 Å². The number of aliphatic carboxylic acids is 1. The highest BCUT2D eigenvalue weighted by Gasteiger charge is 2.40. The van der Waals surface area contributed by atoms with Crippen molar-refractivity contribution >= 4 is 29.6 Å². The smallest absolute Gasteiger partial charge is 0.323 e. The van der Waals surface area contributed by atoms with Crippen LogP contribution in [0.5, 0.6) is 0 Å². The van der Waals surface area contributed by atoms with E-state index in [9.17, 15) is 29.1 Å². The quantitative estimate of drug-likeness (QED) is 0.105. The fourth-order valence-electron chi connectivity index (χ4n) is 6.30. The second-order valence-electron chi connectivity index (χ2n) is 15.8. The van der Waals surface area contributed by atoms with Crippen LogP contribution in [0.3, 0.4) is 0 Å². The van der Waals surface area contributed by atoms with E-state index in [0.717, 1.165) is 24.1 Å². The van der Waals surface area contributed by atoms with Gasteiger partial charge in [0.05, 0.1) is 6.04 Å². The highest BCUT2D eigenvalue weighted by atomic mass is 16.4. The van der Waals surface area contributed by atoms with Crippen LogP contribution in [-0.2, 0) is 36.8 Å². The number of nitrogens with one attached hydrogen (secondary N) is 4. The van der Waals surface area contributed by atoms with Crippen molar-refractivity contribution in [2.45, 2.75) is 121 Å². The molecule has 4 atom stereocenters. The first-order valence-electron chi connectivity index (χ1n) is 18.8. The summed E-state index contributed by atoms with van der Waals surface area (Å²) in [5.74, 6) is -2.97. The van der Waals surface area contributed by atoms with Gasteiger partial charge in [0, 0.05) is 25.0 Å². The Morgan fingerprint density at radius 3 is 1.81 bits per heavy atom. The number of nitrogens with zero attached hydrogens (tertiary/aromatic N) is 1. The van der Waals surface area contributed by atoms with Gasteiger partial charge in [-0.2, -0.15) is 0 Å². The van der Waals surface area contributed by atoms with Crippen molar-refractivity contribution in [3.05, 3.63) is 71.8 Å². The summed E-state index contributed by atoms with van der Waals surface area (Å²) in [5, 5.41) is 21.6. The third-order valence-electron chi connectivity index (χ3n) is 9.47. The van der Waals surface area contributed by atoms with E-state index in [1.165, 1.54) is 0 Å². The number of carbonyl (C=O) groups excluding carboxylic acids is 4. The summed E-state index contributed by atoms with van der Waals surface area (Å²) in [6.07, 6.45) is 2.69. The number of carboxylic acids is 1. The summed E-state index contributed by atoms with van der Waals surface area (Å²) in [5.41, 5.74) is 12.6. The third-order valence-corrected chi connectivity index (χ3v) is 9.47. The molecule has 1 aliphatic heterocycles. The summed E-state index contributed by atoms with van der Waals surface area (Å²) >= 11 is 0. The number of unbranched alkanes of at least 4 members (excludes halogenated alkanes) is 1. The van der Waals surface area contributed by atoms with Crippen LogP contribution in [0.15, 0.2) is 60.7 Å². The van der Waals surface area contributed by atoms with E-state index < -0.39 is 53.4 Å². The van der Waals surface area contributed by atoms with Crippen LogP contribution < -0.4 is 32.7 Å². The molecular formula is C40H61N7O6. The van der Waals surface area contributed by atoms with Crippen LogP contribution in [0.2, 0.25) is 0 Å². The van der Waals surface area contributed by atoms with E-state index in [4.69, 9.17) is 11.5 Å². The molecule has 2 aromatic carbocycles. The van der Waals surface area contributed by atoms with Crippen LogP contribution in [0.1, 0.15) is 84.3 Å². The summed E-state index contributed by atoms with van der Waals surface area (Å²) in [7, 11) is 0. The molecule has 3 rings (SSSR count). The molecule has 13 nitrogen and oxygen atoms in total. The Kier molecular flexibility index (Phi) is 16.4. The molecule has 292 valence electrons.